The number of carbonyl (C=O) groups excluding carboxylic acids is 1. The fraction of sp³-hybridized carbons (Fsp3) is 0.571. The number of aromatic nitrogens is 1. The van der Waals surface area contributed by atoms with Gasteiger partial charge in [-0.1, -0.05) is 0 Å². The van der Waals surface area contributed by atoms with Gasteiger partial charge in [0.15, 0.2) is 0 Å². The summed E-state index contributed by atoms with van der Waals surface area (Å²) in [6.07, 6.45) is 2.93. The van der Waals surface area contributed by atoms with Gasteiger partial charge in [-0.25, -0.2) is 0 Å². The molecule has 6 nitrogen and oxygen atoms in total. The maximum absolute atomic E-state index is 12.7. The van der Waals surface area contributed by atoms with Crippen LogP contribution in [0.1, 0.15) is 24.2 Å². The van der Waals surface area contributed by atoms with Crippen LogP contribution in [-0.4, -0.2) is 59.3 Å². The van der Waals surface area contributed by atoms with E-state index >= 15 is 0 Å². The van der Waals surface area contributed by atoms with E-state index in [0.29, 0.717) is 18.7 Å². The smallest absolute Gasteiger partial charge is 0.257 e. The first-order valence-corrected chi connectivity index (χ1v) is 6.88. The van der Waals surface area contributed by atoms with E-state index in [4.69, 9.17) is 4.74 Å². The predicted molar refractivity (Wildman–Crippen MR) is 75.7 cm³/mol. The number of anilines is 1. The number of ether oxygens (including phenoxy) is 1. The summed E-state index contributed by atoms with van der Waals surface area (Å²) >= 11 is 0. The van der Waals surface area contributed by atoms with Crippen molar-refractivity contribution in [1.29, 1.82) is 0 Å². The Balaban J connectivity index is 2.21. The van der Waals surface area contributed by atoms with Gasteiger partial charge in [-0.05, 0) is 19.9 Å². The van der Waals surface area contributed by atoms with Gasteiger partial charge in [0.1, 0.15) is 0 Å². The molecular formula is C14H21N3O3. The molecular weight excluding hydrogens is 258 g/mol. The molecule has 1 aliphatic rings. The zero-order valence-corrected chi connectivity index (χ0v) is 11.9. The van der Waals surface area contributed by atoms with Crippen molar-refractivity contribution in [3.8, 4) is 0 Å². The van der Waals surface area contributed by atoms with Gasteiger partial charge in [0.2, 0.25) is 0 Å². The molecule has 0 spiro atoms. The van der Waals surface area contributed by atoms with Crippen LogP contribution in [0.4, 0.5) is 5.69 Å². The third-order valence-corrected chi connectivity index (χ3v) is 3.39. The summed E-state index contributed by atoms with van der Waals surface area (Å²) in [7, 11) is 0. The average Bonchev–Trinajstić information content (AvgIpc) is 2.48. The number of carbonyl (C=O) groups is 1. The van der Waals surface area contributed by atoms with Crippen LogP contribution in [0.3, 0.4) is 0 Å². The molecule has 1 saturated heterocycles. The van der Waals surface area contributed by atoms with Crippen LogP contribution in [0.5, 0.6) is 0 Å². The Morgan fingerprint density at radius 1 is 1.65 bits per heavy atom. The minimum atomic E-state index is -0.311. The Labute approximate surface area is 118 Å². The van der Waals surface area contributed by atoms with Gasteiger partial charge in [0, 0.05) is 25.5 Å². The highest BCUT2D eigenvalue weighted by Crippen LogP contribution is 2.20. The summed E-state index contributed by atoms with van der Waals surface area (Å²) in [6, 6.07) is 1.78. The van der Waals surface area contributed by atoms with Crippen molar-refractivity contribution in [3.05, 3.63) is 24.0 Å². The van der Waals surface area contributed by atoms with Crippen LogP contribution in [0.25, 0.3) is 0 Å². The number of hydrogen-bond acceptors (Lipinski definition) is 5. The number of nitrogens with one attached hydrogen (secondary N) is 1. The summed E-state index contributed by atoms with van der Waals surface area (Å²) in [5, 5.41) is 12.4. The largest absolute Gasteiger partial charge is 0.394 e. The molecule has 0 aliphatic carbocycles. The first-order valence-electron chi connectivity index (χ1n) is 6.88. The SMILES string of the molecule is CCNc1ccncc1C(=O)N1CC(CO)OCC1C. The van der Waals surface area contributed by atoms with Crippen LogP contribution in [0.15, 0.2) is 18.5 Å². The van der Waals surface area contributed by atoms with E-state index in [1.54, 1.807) is 23.4 Å². The molecule has 20 heavy (non-hydrogen) atoms. The maximum Gasteiger partial charge on any atom is 0.257 e. The van der Waals surface area contributed by atoms with Crippen LogP contribution in [0.2, 0.25) is 0 Å². The van der Waals surface area contributed by atoms with Gasteiger partial charge >= 0.3 is 0 Å². The monoisotopic (exact) mass is 279 g/mol. The topological polar surface area (TPSA) is 74.7 Å². The first kappa shape index (κ1) is 14.7. The molecule has 2 atom stereocenters. The van der Waals surface area contributed by atoms with Gasteiger partial charge in [0.25, 0.3) is 5.91 Å². The van der Waals surface area contributed by atoms with E-state index in [2.05, 4.69) is 10.3 Å². The van der Waals surface area contributed by atoms with E-state index in [1.807, 2.05) is 13.8 Å². The van der Waals surface area contributed by atoms with Gasteiger partial charge in [-0.2, -0.15) is 0 Å². The molecule has 0 aromatic carbocycles. The Hall–Kier alpha value is -1.66. The van der Waals surface area contributed by atoms with Crippen molar-refractivity contribution < 1.29 is 14.6 Å². The van der Waals surface area contributed by atoms with E-state index in [0.717, 1.165) is 12.2 Å². The summed E-state index contributed by atoms with van der Waals surface area (Å²) in [5.41, 5.74) is 1.34. The van der Waals surface area contributed by atoms with Crippen LogP contribution in [0, 0.1) is 0 Å². The number of pyridine rings is 1. The molecule has 0 radical (unpaired) electrons. The Morgan fingerprint density at radius 3 is 3.15 bits per heavy atom. The van der Waals surface area contributed by atoms with Crippen molar-refractivity contribution in [2.45, 2.75) is 26.0 Å². The number of rotatable bonds is 4. The lowest BCUT2D eigenvalue weighted by Gasteiger charge is -2.37. The molecule has 2 N–H and O–H groups in total. The fourth-order valence-electron chi connectivity index (χ4n) is 2.28. The number of aliphatic hydroxyl groups excluding tert-OH is 1. The molecule has 0 saturated carbocycles. The lowest BCUT2D eigenvalue weighted by molar-refractivity contribution is -0.0667. The second-order valence-electron chi connectivity index (χ2n) is 4.90. The summed E-state index contributed by atoms with van der Waals surface area (Å²) < 4.78 is 5.46. The van der Waals surface area contributed by atoms with Gasteiger partial charge < -0.3 is 20.1 Å². The molecule has 1 aromatic heterocycles. The zero-order valence-electron chi connectivity index (χ0n) is 11.9. The highest BCUT2D eigenvalue weighted by molar-refractivity contribution is 5.99. The van der Waals surface area contributed by atoms with Crippen LogP contribution < -0.4 is 5.32 Å². The van der Waals surface area contributed by atoms with Gasteiger partial charge in [0.05, 0.1) is 36.6 Å². The highest BCUT2D eigenvalue weighted by atomic mass is 16.5. The summed E-state index contributed by atoms with van der Waals surface area (Å²) in [4.78, 5) is 18.5. The number of morpholine rings is 1. The van der Waals surface area contributed by atoms with Crippen molar-refractivity contribution >= 4 is 11.6 Å². The Bertz CT molecular complexity index is 467. The molecule has 2 heterocycles. The molecule has 1 aromatic rings. The van der Waals surface area contributed by atoms with Crippen molar-refractivity contribution in [2.24, 2.45) is 0 Å². The van der Waals surface area contributed by atoms with E-state index in [-0.39, 0.29) is 24.7 Å². The van der Waals surface area contributed by atoms with Crippen LogP contribution >= 0.6 is 0 Å². The van der Waals surface area contributed by atoms with E-state index in [9.17, 15) is 9.90 Å². The number of amides is 1. The third kappa shape index (κ3) is 3.08. The molecule has 0 bridgehead atoms. The number of aliphatic hydroxyl groups is 1. The summed E-state index contributed by atoms with van der Waals surface area (Å²) in [5.74, 6) is -0.0803. The van der Waals surface area contributed by atoms with Crippen LogP contribution in [-0.2, 0) is 4.74 Å². The van der Waals surface area contributed by atoms with E-state index < -0.39 is 0 Å². The molecule has 1 fully saturated rings. The van der Waals surface area contributed by atoms with Crippen molar-refractivity contribution in [1.82, 2.24) is 9.88 Å². The fourth-order valence-corrected chi connectivity index (χ4v) is 2.28. The minimum absolute atomic E-state index is 0.0139. The second kappa shape index (κ2) is 6.67. The number of hydrogen-bond donors (Lipinski definition) is 2. The minimum Gasteiger partial charge on any atom is -0.394 e. The highest BCUT2D eigenvalue weighted by Gasteiger charge is 2.30. The van der Waals surface area contributed by atoms with Gasteiger partial charge in [-0.15, -0.1) is 0 Å². The lowest BCUT2D eigenvalue weighted by atomic mass is 10.1. The molecule has 1 amide bonds. The van der Waals surface area contributed by atoms with Crippen molar-refractivity contribution in [3.63, 3.8) is 0 Å². The quantitative estimate of drug-likeness (QED) is 0.850. The van der Waals surface area contributed by atoms with Crippen molar-refractivity contribution in [2.75, 3.05) is 31.6 Å². The zero-order chi connectivity index (χ0) is 14.5. The summed E-state index contributed by atoms with van der Waals surface area (Å²) in [6.45, 7) is 5.42. The second-order valence-corrected chi connectivity index (χ2v) is 4.90. The Morgan fingerprint density at radius 2 is 2.45 bits per heavy atom. The molecule has 2 unspecified atom stereocenters. The lowest BCUT2D eigenvalue weighted by Crippen LogP contribution is -2.52. The predicted octanol–water partition coefficient (Wildman–Crippen LogP) is 0.735. The Kier molecular flexibility index (Phi) is 4.92. The molecule has 1 aliphatic heterocycles. The third-order valence-electron chi connectivity index (χ3n) is 3.39. The van der Waals surface area contributed by atoms with Gasteiger partial charge in [-0.3, -0.25) is 9.78 Å². The molecule has 2 rings (SSSR count). The molecule has 6 heteroatoms. The first-order chi connectivity index (χ1) is 9.67. The maximum atomic E-state index is 12.7. The standard InChI is InChI=1S/C14H21N3O3/c1-3-16-13-4-5-15-6-12(13)14(19)17-7-11(8-18)20-9-10(17)2/h4-6,10-11,18H,3,7-9H2,1-2H3,(H,15,16). The average molecular weight is 279 g/mol. The van der Waals surface area contributed by atoms with E-state index in [1.165, 1.54) is 0 Å². The molecule has 110 valence electrons. The number of nitrogens with zero attached hydrogens (tertiary/aromatic N) is 2. The normalized spacial score (nSPS) is 22.6.